The maximum Gasteiger partial charge on any atom is 0.146 e. The Morgan fingerprint density at radius 2 is 1.07 bits per heavy atom. The molecule has 9 rings (SSSR count). The van der Waals surface area contributed by atoms with Crippen molar-refractivity contribution in [2.24, 2.45) is 0 Å². The van der Waals surface area contributed by atoms with Gasteiger partial charge < -0.3 is 0 Å². The minimum Gasteiger partial charge on any atom is -0.292 e. The number of pyridine rings is 1. The molecule has 0 aliphatic heterocycles. The molecule has 0 spiro atoms. The van der Waals surface area contributed by atoms with E-state index in [1.165, 1.54) is 59.5 Å². The number of hydrogen-bond acceptors (Lipinski definition) is 1. The number of hydrogen-bond donors (Lipinski definition) is 0. The molecule has 7 aromatic carbocycles. The van der Waals surface area contributed by atoms with Gasteiger partial charge in [0, 0.05) is 10.8 Å². The summed E-state index contributed by atoms with van der Waals surface area (Å²) < 4.78 is 2.34. The highest BCUT2D eigenvalue weighted by Gasteiger charge is 2.40. The topological polar surface area (TPSA) is 17.3 Å². The quantitative estimate of drug-likeness (QED) is 0.147. The third-order valence-corrected chi connectivity index (χ3v) is 13.4. The molecule has 2 nitrogen and oxygen atoms in total. The number of benzene rings is 7. The lowest BCUT2D eigenvalue weighted by Gasteiger charge is -2.23. The molecule has 0 bridgehead atoms. The first-order chi connectivity index (χ1) is 22.2. The molecular formula is C42H30N2P+. The van der Waals surface area contributed by atoms with Crippen LogP contribution in [0.4, 0.5) is 0 Å². The molecule has 0 N–H and O–H groups in total. The second-order valence-electron chi connectivity index (χ2n) is 12.0. The lowest BCUT2D eigenvalue weighted by atomic mass is 9.98. The van der Waals surface area contributed by atoms with Crippen molar-refractivity contribution in [3.05, 3.63) is 164 Å². The van der Waals surface area contributed by atoms with Gasteiger partial charge in [0.1, 0.15) is 28.8 Å². The molecule has 212 valence electrons. The zero-order chi connectivity index (χ0) is 30.0. The number of aromatic nitrogens is 2. The van der Waals surface area contributed by atoms with E-state index in [0.717, 1.165) is 16.7 Å². The van der Waals surface area contributed by atoms with Crippen LogP contribution in [0.15, 0.2) is 164 Å². The largest absolute Gasteiger partial charge is 0.292 e. The number of imidazole rings is 1. The van der Waals surface area contributed by atoms with Crippen LogP contribution in [0.25, 0.3) is 60.3 Å². The van der Waals surface area contributed by atoms with Gasteiger partial charge in [-0.05, 0) is 87.9 Å². The zero-order valence-electron chi connectivity index (χ0n) is 24.9. The van der Waals surface area contributed by atoms with Crippen LogP contribution in [-0.4, -0.2) is 16.0 Å². The molecule has 0 unspecified atom stereocenters. The van der Waals surface area contributed by atoms with Crippen LogP contribution in [-0.2, 0) is 0 Å². The highest BCUT2D eigenvalue weighted by Crippen LogP contribution is 2.51. The molecule has 9 aromatic rings. The second-order valence-corrected chi connectivity index (χ2v) is 15.5. The van der Waals surface area contributed by atoms with Crippen LogP contribution >= 0.6 is 7.26 Å². The molecule has 0 radical (unpaired) electrons. The van der Waals surface area contributed by atoms with E-state index in [0.29, 0.717) is 0 Å². The molecule has 0 aliphatic carbocycles. The Labute approximate surface area is 262 Å². The Balaban J connectivity index is 1.25. The summed E-state index contributed by atoms with van der Waals surface area (Å²) in [6, 6.07) is 60.0. The maximum atomic E-state index is 5.09. The fourth-order valence-electron chi connectivity index (χ4n) is 7.08. The molecule has 0 saturated heterocycles. The summed E-state index contributed by atoms with van der Waals surface area (Å²) in [5, 5.41) is 10.3. The van der Waals surface area contributed by atoms with Gasteiger partial charge in [0.2, 0.25) is 0 Å². The Bertz CT molecular complexity index is 2510. The van der Waals surface area contributed by atoms with Crippen molar-refractivity contribution in [3.8, 4) is 11.1 Å². The van der Waals surface area contributed by atoms with Crippen LogP contribution in [0.2, 0.25) is 0 Å². The van der Waals surface area contributed by atoms with E-state index in [9.17, 15) is 0 Å². The summed E-state index contributed by atoms with van der Waals surface area (Å²) >= 11 is 0. The number of rotatable bonds is 4. The van der Waals surface area contributed by atoms with Gasteiger partial charge in [-0.2, -0.15) is 0 Å². The van der Waals surface area contributed by atoms with Gasteiger partial charge in [-0.1, -0.05) is 103 Å². The summed E-state index contributed by atoms with van der Waals surface area (Å²) in [6.07, 6.45) is 0. The molecule has 0 amide bonds. The first kappa shape index (κ1) is 26.1. The highest BCUT2D eigenvalue weighted by molar-refractivity contribution is 7.95. The predicted molar refractivity (Wildman–Crippen MR) is 195 cm³/mol. The molecule has 0 fully saturated rings. The fraction of sp³-hybridized carbons (Fsp3) is 0.0238. The summed E-state index contributed by atoms with van der Waals surface area (Å²) in [5.41, 5.74) is 6.75. The molecule has 0 saturated carbocycles. The van der Waals surface area contributed by atoms with E-state index in [-0.39, 0.29) is 0 Å². The Morgan fingerprint density at radius 1 is 0.444 bits per heavy atom. The highest BCUT2D eigenvalue weighted by atomic mass is 31.2. The van der Waals surface area contributed by atoms with Gasteiger partial charge in [-0.25, -0.2) is 4.98 Å². The number of para-hydroxylation sites is 2. The lowest BCUT2D eigenvalue weighted by molar-refractivity contribution is 1.31. The van der Waals surface area contributed by atoms with Crippen molar-refractivity contribution in [2.45, 2.75) is 0 Å². The van der Waals surface area contributed by atoms with E-state index in [1.54, 1.807) is 0 Å². The van der Waals surface area contributed by atoms with Crippen LogP contribution in [0.3, 0.4) is 0 Å². The summed E-state index contributed by atoms with van der Waals surface area (Å²) in [7, 11) is -1.83. The van der Waals surface area contributed by atoms with Gasteiger partial charge in [0.05, 0.1) is 23.2 Å². The zero-order valence-corrected chi connectivity index (χ0v) is 25.8. The van der Waals surface area contributed by atoms with E-state index in [4.69, 9.17) is 4.98 Å². The second kappa shape index (κ2) is 10.1. The van der Waals surface area contributed by atoms with Crippen molar-refractivity contribution in [3.63, 3.8) is 0 Å². The van der Waals surface area contributed by atoms with Crippen molar-refractivity contribution in [1.29, 1.82) is 0 Å². The van der Waals surface area contributed by atoms with Crippen molar-refractivity contribution >= 4 is 72.3 Å². The Morgan fingerprint density at radius 3 is 1.84 bits per heavy atom. The van der Waals surface area contributed by atoms with Gasteiger partial charge in [-0.3, -0.25) is 4.40 Å². The third kappa shape index (κ3) is 4.03. The predicted octanol–water partition coefficient (Wildman–Crippen LogP) is 9.54. The molecule has 0 aliphatic rings. The summed E-state index contributed by atoms with van der Waals surface area (Å²) in [4.78, 5) is 5.09. The molecule has 45 heavy (non-hydrogen) atoms. The molecule has 3 heteroatoms. The summed E-state index contributed by atoms with van der Waals surface area (Å²) in [6.45, 7) is 2.46. The van der Waals surface area contributed by atoms with E-state index in [2.05, 4.69) is 175 Å². The molecule has 2 aromatic heterocycles. The first-order valence-corrected chi connectivity index (χ1v) is 17.7. The molecule has 0 atom stereocenters. The molecule has 2 heterocycles. The monoisotopic (exact) mass is 593 g/mol. The smallest absolute Gasteiger partial charge is 0.146 e. The van der Waals surface area contributed by atoms with Gasteiger partial charge in [0.15, 0.2) is 0 Å². The average Bonchev–Trinajstić information content (AvgIpc) is 3.52. The third-order valence-electron chi connectivity index (χ3n) is 9.48. The maximum absolute atomic E-state index is 5.09. The van der Waals surface area contributed by atoms with E-state index < -0.39 is 7.26 Å². The van der Waals surface area contributed by atoms with E-state index in [1.807, 2.05) is 0 Å². The van der Waals surface area contributed by atoms with Gasteiger partial charge in [-0.15, -0.1) is 0 Å². The Kier molecular flexibility index (Phi) is 5.88. The van der Waals surface area contributed by atoms with Gasteiger partial charge >= 0.3 is 0 Å². The number of nitrogens with zero attached hydrogens (tertiary/aromatic N) is 2. The minimum atomic E-state index is -1.83. The SMILES string of the molecule is C[P+](c1ccccc1)(c1ccccc1)c1ccc2ccc(-c3ccc4c5ccccc5c5nc6ccccc6n5c4c3)cc2c1. The Hall–Kier alpha value is -5.30. The standard InChI is InChI=1S/C42H30N2P/c1-45(33-12-4-2-5-13-33,34-14-6-3-7-15-34)35-24-22-29-20-21-30(26-32(29)27-35)31-23-25-37-36-16-8-9-17-38(36)42-43-39-18-10-11-19-40(39)44(42)41(37)28-31/h2-28H,1H3/q+1. The lowest BCUT2D eigenvalue weighted by Crippen LogP contribution is -2.30. The first-order valence-electron chi connectivity index (χ1n) is 15.4. The molecular weight excluding hydrogens is 563 g/mol. The normalized spacial score (nSPS) is 12.1. The number of fused-ring (bicyclic) bond motifs is 9. The van der Waals surface area contributed by atoms with Crippen molar-refractivity contribution in [1.82, 2.24) is 9.38 Å². The fourth-order valence-corrected chi connectivity index (χ4v) is 10.3. The van der Waals surface area contributed by atoms with E-state index >= 15 is 0 Å². The van der Waals surface area contributed by atoms with Crippen LogP contribution in [0.1, 0.15) is 0 Å². The van der Waals surface area contributed by atoms with Crippen molar-refractivity contribution < 1.29 is 0 Å². The van der Waals surface area contributed by atoms with Gasteiger partial charge in [0.25, 0.3) is 0 Å². The summed E-state index contributed by atoms with van der Waals surface area (Å²) in [5.74, 6) is 0. The van der Waals surface area contributed by atoms with Crippen LogP contribution in [0, 0.1) is 0 Å². The van der Waals surface area contributed by atoms with Crippen LogP contribution < -0.4 is 15.9 Å². The van der Waals surface area contributed by atoms with Crippen LogP contribution in [0.5, 0.6) is 0 Å². The van der Waals surface area contributed by atoms with Crippen molar-refractivity contribution in [2.75, 3.05) is 6.66 Å². The minimum absolute atomic E-state index is 1.00. The average molecular weight is 594 g/mol.